The summed E-state index contributed by atoms with van der Waals surface area (Å²) in [6.07, 6.45) is 3.03. The summed E-state index contributed by atoms with van der Waals surface area (Å²) < 4.78 is 5.16. The molecule has 1 aromatic heterocycles. The Kier molecular flexibility index (Phi) is 4.55. The molecule has 0 fully saturated rings. The number of Topliss-reactive ketones (excluding diaryl/α,β-unsaturated/α-hetero) is 1. The van der Waals surface area contributed by atoms with Crippen LogP contribution in [0.3, 0.4) is 0 Å². The number of benzene rings is 2. The second-order valence-electron chi connectivity index (χ2n) is 4.77. The Hall–Kier alpha value is -3.27. The zero-order valence-electron chi connectivity index (χ0n) is 12.3. The Labute approximate surface area is 133 Å². The van der Waals surface area contributed by atoms with Gasteiger partial charge in [0.25, 0.3) is 0 Å². The number of hydrogen-bond acceptors (Lipinski definition) is 4. The summed E-state index contributed by atoms with van der Waals surface area (Å²) in [6, 6.07) is 21.8. The number of carbonyl (C=O) groups excluding carboxylic acids is 1. The van der Waals surface area contributed by atoms with E-state index < -0.39 is 0 Å². The number of ketones is 1. The third-order valence-electron chi connectivity index (χ3n) is 3.18. The summed E-state index contributed by atoms with van der Waals surface area (Å²) in [6.45, 7) is 0. The molecule has 23 heavy (non-hydrogen) atoms. The van der Waals surface area contributed by atoms with Gasteiger partial charge in [0, 0.05) is 11.1 Å². The van der Waals surface area contributed by atoms with Crippen molar-refractivity contribution in [1.82, 2.24) is 0 Å². The van der Waals surface area contributed by atoms with E-state index in [-0.39, 0.29) is 5.78 Å². The fourth-order valence-corrected chi connectivity index (χ4v) is 2.06. The van der Waals surface area contributed by atoms with Crippen LogP contribution < -0.4 is 0 Å². The first kappa shape index (κ1) is 14.7. The van der Waals surface area contributed by atoms with Crippen molar-refractivity contribution in [3.63, 3.8) is 0 Å². The van der Waals surface area contributed by atoms with Gasteiger partial charge in [-0.3, -0.25) is 4.79 Å². The Balaban J connectivity index is 1.96. The predicted octanol–water partition coefficient (Wildman–Crippen LogP) is 3.99. The number of rotatable bonds is 5. The van der Waals surface area contributed by atoms with Crippen molar-refractivity contribution in [3.8, 4) is 0 Å². The van der Waals surface area contributed by atoms with Gasteiger partial charge >= 0.3 is 0 Å². The molecule has 0 amide bonds. The van der Waals surface area contributed by atoms with Crippen molar-refractivity contribution < 1.29 is 9.21 Å². The van der Waals surface area contributed by atoms with E-state index in [1.54, 1.807) is 30.5 Å². The third-order valence-corrected chi connectivity index (χ3v) is 3.18. The van der Waals surface area contributed by atoms with E-state index in [0.29, 0.717) is 17.0 Å². The zero-order valence-corrected chi connectivity index (χ0v) is 12.3. The molecule has 0 saturated carbocycles. The summed E-state index contributed by atoms with van der Waals surface area (Å²) in [4.78, 5) is 12.7. The zero-order chi connectivity index (χ0) is 15.9. The van der Waals surface area contributed by atoms with Crippen molar-refractivity contribution in [2.45, 2.75) is 0 Å². The van der Waals surface area contributed by atoms with Gasteiger partial charge in [0.15, 0.2) is 0 Å². The van der Waals surface area contributed by atoms with E-state index in [9.17, 15) is 4.79 Å². The van der Waals surface area contributed by atoms with Gasteiger partial charge in [-0.15, -0.1) is 5.10 Å². The highest BCUT2D eigenvalue weighted by Gasteiger charge is 2.15. The molecule has 1 heterocycles. The molecular formula is C19H14N2O2. The van der Waals surface area contributed by atoms with Gasteiger partial charge < -0.3 is 4.42 Å². The summed E-state index contributed by atoms with van der Waals surface area (Å²) in [5, 5.41) is 8.11. The number of hydrogen-bond donors (Lipinski definition) is 0. The lowest BCUT2D eigenvalue weighted by atomic mass is 10.0. The minimum Gasteiger partial charge on any atom is -0.463 e. The van der Waals surface area contributed by atoms with Gasteiger partial charge in [-0.25, -0.2) is 0 Å². The van der Waals surface area contributed by atoms with Gasteiger partial charge in [0.1, 0.15) is 11.5 Å². The van der Waals surface area contributed by atoms with Crippen molar-refractivity contribution in [1.29, 1.82) is 0 Å². The first-order valence-corrected chi connectivity index (χ1v) is 7.14. The Morgan fingerprint density at radius 2 is 1.48 bits per heavy atom. The molecule has 2 aromatic carbocycles. The summed E-state index contributed by atoms with van der Waals surface area (Å²) in [5.41, 5.74) is 1.58. The molecule has 0 saturated heterocycles. The predicted molar refractivity (Wildman–Crippen MR) is 90.1 cm³/mol. The lowest BCUT2D eigenvalue weighted by Gasteiger charge is -2.04. The van der Waals surface area contributed by atoms with Crippen LogP contribution in [0.4, 0.5) is 0 Å². The largest absolute Gasteiger partial charge is 0.463 e. The second kappa shape index (κ2) is 7.13. The van der Waals surface area contributed by atoms with E-state index in [1.165, 1.54) is 6.21 Å². The average molecular weight is 302 g/mol. The molecule has 0 atom stereocenters. The molecule has 0 spiro atoms. The van der Waals surface area contributed by atoms with Gasteiger partial charge in [-0.2, -0.15) is 5.10 Å². The van der Waals surface area contributed by atoms with Crippen LogP contribution in [0.15, 0.2) is 93.7 Å². The molecule has 112 valence electrons. The van der Waals surface area contributed by atoms with Crippen LogP contribution in [0, 0.1) is 0 Å². The van der Waals surface area contributed by atoms with E-state index >= 15 is 0 Å². The van der Waals surface area contributed by atoms with Gasteiger partial charge in [0.2, 0.25) is 5.78 Å². The standard InChI is InChI=1S/C19H14N2O2/c22-19(16-10-5-2-6-11-16)18(15-8-3-1-4-9-15)21-20-14-17-12-7-13-23-17/h1-14H/b20-14+,21-18+. The van der Waals surface area contributed by atoms with Crippen LogP contribution in [0.25, 0.3) is 0 Å². The normalized spacial score (nSPS) is 11.7. The number of carbonyl (C=O) groups is 1. The monoisotopic (exact) mass is 302 g/mol. The van der Waals surface area contributed by atoms with Crippen LogP contribution in [0.5, 0.6) is 0 Å². The van der Waals surface area contributed by atoms with E-state index in [1.807, 2.05) is 48.5 Å². The molecule has 0 aliphatic heterocycles. The number of furan rings is 1. The van der Waals surface area contributed by atoms with E-state index in [4.69, 9.17) is 4.42 Å². The molecule has 4 heteroatoms. The third kappa shape index (κ3) is 3.68. The molecule has 0 aliphatic rings. The van der Waals surface area contributed by atoms with Crippen LogP contribution in [0.2, 0.25) is 0 Å². The van der Waals surface area contributed by atoms with E-state index in [0.717, 1.165) is 5.56 Å². The molecular weight excluding hydrogens is 288 g/mol. The van der Waals surface area contributed by atoms with Crippen LogP contribution in [0.1, 0.15) is 21.7 Å². The molecule has 0 bridgehead atoms. The SMILES string of the molecule is O=C(/C(=N/N=C/c1ccco1)c1ccccc1)c1ccccc1. The van der Waals surface area contributed by atoms with Crippen molar-refractivity contribution in [2.75, 3.05) is 0 Å². The topological polar surface area (TPSA) is 54.9 Å². The molecule has 0 N–H and O–H groups in total. The number of nitrogens with zero attached hydrogens (tertiary/aromatic N) is 2. The lowest BCUT2D eigenvalue weighted by Crippen LogP contribution is -2.15. The highest BCUT2D eigenvalue weighted by molar-refractivity contribution is 6.51. The maximum absolute atomic E-state index is 12.7. The van der Waals surface area contributed by atoms with Crippen molar-refractivity contribution in [2.24, 2.45) is 10.2 Å². The first-order chi connectivity index (χ1) is 11.3. The van der Waals surface area contributed by atoms with Crippen LogP contribution >= 0.6 is 0 Å². The molecule has 0 unspecified atom stereocenters. The maximum Gasteiger partial charge on any atom is 0.213 e. The van der Waals surface area contributed by atoms with Gasteiger partial charge in [-0.1, -0.05) is 60.7 Å². The average Bonchev–Trinajstić information content (AvgIpc) is 3.13. The highest BCUT2D eigenvalue weighted by Crippen LogP contribution is 2.09. The second-order valence-corrected chi connectivity index (χ2v) is 4.77. The fourth-order valence-electron chi connectivity index (χ4n) is 2.06. The smallest absolute Gasteiger partial charge is 0.213 e. The van der Waals surface area contributed by atoms with Gasteiger partial charge in [-0.05, 0) is 12.1 Å². The van der Waals surface area contributed by atoms with Crippen molar-refractivity contribution >= 4 is 17.7 Å². The highest BCUT2D eigenvalue weighted by atomic mass is 16.3. The fraction of sp³-hybridized carbons (Fsp3) is 0. The molecule has 3 rings (SSSR count). The molecule has 3 aromatic rings. The van der Waals surface area contributed by atoms with Crippen LogP contribution in [-0.2, 0) is 0 Å². The minimum atomic E-state index is -0.173. The Bertz CT molecular complexity index is 820. The minimum absolute atomic E-state index is 0.173. The Morgan fingerprint density at radius 1 is 0.826 bits per heavy atom. The summed E-state index contributed by atoms with van der Waals surface area (Å²) in [7, 11) is 0. The molecule has 0 radical (unpaired) electrons. The Morgan fingerprint density at radius 3 is 2.09 bits per heavy atom. The van der Waals surface area contributed by atoms with Crippen LogP contribution in [-0.4, -0.2) is 17.7 Å². The maximum atomic E-state index is 12.7. The molecule has 4 nitrogen and oxygen atoms in total. The lowest BCUT2D eigenvalue weighted by molar-refractivity contribution is 0.106. The van der Waals surface area contributed by atoms with Crippen molar-refractivity contribution in [3.05, 3.63) is 95.9 Å². The molecule has 0 aliphatic carbocycles. The first-order valence-electron chi connectivity index (χ1n) is 7.14. The quantitative estimate of drug-likeness (QED) is 0.406. The summed E-state index contributed by atoms with van der Waals surface area (Å²) in [5.74, 6) is 0.404. The van der Waals surface area contributed by atoms with E-state index in [2.05, 4.69) is 10.2 Å². The summed E-state index contributed by atoms with van der Waals surface area (Å²) >= 11 is 0. The van der Waals surface area contributed by atoms with Gasteiger partial charge in [0.05, 0.1) is 12.5 Å².